The zero-order valence-electron chi connectivity index (χ0n) is 17.1. The van der Waals surface area contributed by atoms with E-state index in [1.807, 2.05) is 12.1 Å². The number of benzene rings is 2. The molecule has 33 heavy (non-hydrogen) atoms. The van der Waals surface area contributed by atoms with Gasteiger partial charge in [0.25, 0.3) is 5.56 Å². The maximum absolute atomic E-state index is 12.8. The van der Waals surface area contributed by atoms with Gasteiger partial charge in [-0.05, 0) is 53.3 Å². The number of aromatic nitrogens is 2. The molecule has 1 aromatic heterocycles. The van der Waals surface area contributed by atoms with Gasteiger partial charge in [0.15, 0.2) is 0 Å². The van der Waals surface area contributed by atoms with Gasteiger partial charge < -0.3 is 20.3 Å². The molecule has 2 aliphatic heterocycles. The molecule has 0 saturated carbocycles. The Bertz CT molecular complexity index is 1490. The molecule has 0 radical (unpaired) electrons. The number of phenols is 1. The van der Waals surface area contributed by atoms with E-state index >= 15 is 0 Å². The van der Waals surface area contributed by atoms with E-state index in [0.29, 0.717) is 21.9 Å². The molecular weight excluding hydrogens is 483 g/mol. The summed E-state index contributed by atoms with van der Waals surface area (Å²) in [5.41, 5.74) is 6.58. The first-order valence-electron chi connectivity index (χ1n) is 9.67. The predicted molar refractivity (Wildman–Crippen MR) is 131 cm³/mol. The molecule has 0 spiro atoms. The quantitative estimate of drug-likeness (QED) is 0.401. The van der Waals surface area contributed by atoms with Crippen molar-refractivity contribution < 1.29 is 14.6 Å². The molecule has 9 nitrogen and oxygen atoms in total. The lowest BCUT2D eigenvalue weighted by atomic mass is 9.84. The van der Waals surface area contributed by atoms with Crippen molar-refractivity contribution in [3.05, 3.63) is 91.1 Å². The van der Waals surface area contributed by atoms with Crippen LogP contribution in [0, 0.1) is 0 Å². The molecule has 0 amide bonds. The number of aromatic hydroxyl groups is 1. The summed E-state index contributed by atoms with van der Waals surface area (Å²) in [7, 11) is 1.58. The number of nitrogens with zero attached hydrogens (tertiary/aromatic N) is 1. The van der Waals surface area contributed by atoms with E-state index < -0.39 is 22.6 Å². The van der Waals surface area contributed by atoms with Crippen molar-refractivity contribution in [3.8, 4) is 17.4 Å². The van der Waals surface area contributed by atoms with E-state index in [0.717, 1.165) is 5.30 Å². The van der Waals surface area contributed by atoms with Crippen LogP contribution in [0.25, 0.3) is 0 Å². The lowest BCUT2D eigenvalue weighted by Crippen LogP contribution is -2.37. The first-order chi connectivity index (χ1) is 15.8. The van der Waals surface area contributed by atoms with E-state index in [2.05, 4.69) is 9.97 Å². The summed E-state index contributed by atoms with van der Waals surface area (Å²) in [6.45, 7) is 0. The molecular formula is C21H17N4O5PS2. The molecule has 0 fully saturated rings. The highest BCUT2D eigenvalue weighted by Crippen LogP contribution is 2.65. The van der Waals surface area contributed by atoms with Gasteiger partial charge in [-0.3, -0.25) is 14.8 Å². The van der Waals surface area contributed by atoms with Gasteiger partial charge in [-0.1, -0.05) is 23.9 Å². The molecule has 0 aliphatic carbocycles. The predicted octanol–water partition coefficient (Wildman–Crippen LogP) is 2.25. The maximum Gasteiger partial charge on any atom is 0.328 e. The Balaban J connectivity index is 1.72. The van der Waals surface area contributed by atoms with Crippen LogP contribution in [-0.2, 0) is 11.8 Å². The van der Waals surface area contributed by atoms with E-state index in [4.69, 9.17) is 31.8 Å². The van der Waals surface area contributed by atoms with Crippen LogP contribution < -0.4 is 31.8 Å². The second kappa shape index (κ2) is 7.95. The Hall–Kier alpha value is -3.27. The average molecular weight is 500 g/mol. The number of hydrogen-bond acceptors (Lipinski definition) is 8. The number of rotatable bonds is 3. The normalized spacial score (nSPS) is 21.5. The van der Waals surface area contributed by atoms with Crippen LogP contribution in [0.15, 0.2) is 73.5 Å². The van der Waals surface area contributed by atoms with Crippen LogP contribution in [0.1, 0.15) is 17.0 Å². The third kappa shape index (κ3) is 3.68. The molecule has 2 aromatic carbocycles. The fraction of sp³-hybridized carbons (Fsp3) is 0.0952. The number of phenolic OH excluding ortho intramolecular Hbond substituents is 1. The van der Waals surface area contributed by atoms with Crippen molar-refractivity contribution in [1.82, 2.24) is 9.97 Å². The third-order valence-corrected chi connectivity index (χ3v) is 11.1. The second-order valence-electron chi connectivity index (χ2n) is 7.27. The van der Waals surface area contributed by atoms with E-state index in [1.165, 1.54) is 23.5 Å². The summed E-state index contributed by atoms with van der Waals surface area (Å²) in [6.07, 6.45) is 0. The zero-order valence-corrected chi connectivity index (χ0v) is 19.6. The number of methoxy groups -OCH3 is 1. The Labute approximate surface area is 196 Å². The Morgan fingerprint density at radius 1 is 1.15 bits per heavy atom. The van der Waals surface area contributed by atoms with Crippen molar-refractivity contribution in [3.63, 3.8) is 0 Å². The van der Waals surface area contributed by atoms with Gasteiger partial charge in [0.05, 0.1) is 29.2 Å². The molecule has 168 valence electrons. The van der Waals surface area contributed by atoms with Crippen molar-refractivity contribution in [2.24, 2.45) is 10.5 Å². The standard InChI is InChI=1S/C21H17N4O5PS2/c1-29-12-6-8-13(9-7-12)31(32)25-20-15(17(22)33-31)14(10-2-4-11(26)5-3-10)16-18(27)23-21(28)24-19(16)30-20/h2-9,14,26H,22H2,1H3,(H2,23,24,27,28). The summed E-state index contributed by atoms with van der Waals surface area (Å²) in [6, 6.07) is 13.7. The molecule has 0 saturated heterocycles. The third-order valence-electron chi connectivity index (χ3n) is 5.29. The summed E-state index contributed by atoms with van der Waals surface area (Å²) in [5.74, 6) is 0.231. The van der Waals surface area contributed by atoms with Gasteiger partial charge in [-0.2, -0.15) is 0 Å². The van der Waals surface area contributed by atoms with Crippen LogP contribution >= 0.6 is 16.8 Å². The van der Waals surface area contributed by atoms with Gasteiger partial charge in [-0.15, -0.1) is 0 Å². The van der Waals surface area contributed by atoms with Gasteiger partial charge in [0, 0.05) is 5.30 Å². The molecule has 0 bridgehead atoms. The number of aromatic amines is 2. The average Bonchev–Trinajstić information content (AvgIpc) is 2.78. The van der Waals surface area contributed by atoms with Crippen LogP contribution in [0.3, 0.4) is 0 Å². The summed E-state index contributed by atoms with van der Waals surface area (Å²) < 4.78 is 15.9. The first kappa shape index (κ1) is 21.6. The smallest absolute Gasteiger partial charge is 0.328 e. The number of ether oxygens (including phenoxy) is 2. The minimum atomic E-state index is -2.65. The number of H-pyrrole nitrogens is 2. The Morgan fingerprint density at radius 2 is 1.85 bits per heavy atom. The van der Waals surface area contributed by atoms with Gasteiger partial charge in [0.1, 0.15) is 16.9 Å². The van der Waals surface area contributed by atoms with Crippen LogP contribution in [0.5, 0.6) is 17.4 Å². The molecule has 12 heteroatoms. The summed E-state index contributed by atoms with van der Waals surface area (Å²) >= 11 is 7.21. The summed E-state index contributed by atoms with van der Waals surface area (Å²) in [4.78, 5) is 29.5. The molecule has 5 rings (SSSR count). The Kier molecular flexibility index (Phi) is 5.19. The van der Waals surface area contributed by atoms with E-state index in [-0.39, 0.29) is 23.1 Å². The minimum absolute atomic E-state index is 0.0136. The van der Waals surface area contributed by atoms with Gasteiger partial charge >= 0.3 is 5.69 Å². The van der Waals surface area contributed by atoms with Crippen molar-refractivity contribution >= 4 is 39.8 Å². The van der Waals surface area contributed by atoms with Gasteiger partial charge in [-0.25, -0.2) is 9.56 Å². The highest BCUT2D eigenvalue weighted by atomic mass is 32.9. The van der Waals surface area contributed by atoms with Crippen molar-refractivity contribution in [2.45, 2.75) is 5.92 Å². The van der Waals surface area contributed by atoms with Crippen LogP contribution in [0.2, 0.25) is 0 Å². The van der Waals surface area contributed by atoms with Gasteiger partial charge in [0.2, 0.25) is 11.8 Å². The maximum atomic E-state index is 12.8. The monoisotopic (exact) mass is 500 g/mol. The van der Waals surface area contributed by atoms with E-state index in [1.54, 1.807) is 31.4 Å². The lowest BCUT2D eigenvalue weighted by Gasteiger charge is -2.34. The molecule has 2 atom stereocenters. The number of fused-ring (bicyclic) bond motifs is 2. The first-order valence-corrected chi connectivity index (χ1v) is 13.8. The second-order valence-corrected chi connectivity index (χ2v) is 14.1. The SMILES string of the molecule is COc1ccc(P2(=S)N=C3Oc4[nH]c(=O)[nH]c(=O)c4C(c4ccc(O)cc4)C3=C(N)S2)cc1. The Morgan fingerprint density at radius 3 is 2.52 bits per heavy atom. The molecule has 3 heterocycles. The van der Waals surface area contributed by atoms with Crippen molar-refractivity contribution in [1.29, 1.82) is 0 Å². The fourth-order valence-electron chi connectivity index (χ4n) is 3.76. The number of nitrogens with two attached hydrogens (primary N) is 1. The summed E-state index contributed by atoms with van der Waals surface area (Å²) in [5, 5.41) is 8.27. The van der Waals surface area contributed by atoms with Crippen LogP contribution in [-0.4, -0.2) is 28.1 Å². The molecule has 3 aromatic rings. The van der Waals surface area contributed by atoms with E-state index in [9.17, 15) is 14.7 Å². The largest absolute Gasteiger partial charge is 0.508 e. The fourth-order valence-corrected chi connectivity index (χ4v) is 8.94. The molecule has 2 aliphatic rings. The minimum Gasteiger partial charge on any atom is -0.508 e. The van der Waals surface area contributed by atoms with Crippen LogP contribution in [0.4, 0.5) is 0 Å². The number of nitrogens with one attached hydrogen (secondary N) is 2. The van der Waals surface area contributed by atoms with Crippen molar-refractivity contribution in [2.75, 3.05) is 7.11 Å². The molecule has 5 N–H and O–H groups in total. The molecule has 2 unspecified atom stereocenters. The number of hydrogen-bond donors (Lipinski definition) is 4. The highest BCUT2D eigenvalue weighted by molar-refractivity contribution is 8.74. The zero-order chi connectivity index (χ0) is 23.3. The topological polar surface area (TPSA) is 143 Å². The highest BCUT2D eigenvalue weighted by Gasteiger charge is 2.42. The lowest BCUT2D eigenvalue weighted by molar-refractivity contribution is 0.415.